The number of nitrogens with zero attached hydrogens (tertiary/aromatic N) is 1. The van der Waals surface area contributed by atoms with Crippen molar-refractivity contribution in [3.63, 3.8) is 0 Å². The average molecular weight is 340 g/mol. The number of aryl methyl sites for hydroxylation is 1. The van der Waals surface area contributed by atoms with Crippen LogP contribution in [0.4, 0.5) is 0 Å². The second kappa shape index (κ2) is 5.75. The molecule has 3 nitrogen and oxygen atoms in total. The van der Waals surface area contributed by atoms with E-state index in [1.165, 1.54) is 0 Å². The Morgan fingerprint density at radius 1 is 1.42 bits per heavy atom. The van der Waals surface area contributed by atoms with Gasteiger partial charge in [-0.15, -0.1) is 11.3 Å². The maximum Gasteiger partial charge on any atom is 0.257 e. The third-order valence-corrected chi connectivity index (χ3v) is 4.32. The monoisotopic (exact) mass is 339 g/mol. The van der Waals surface area contributed by atoms with Crippen molar-refractivity contribution in [2.45, 2.75) is 13.5 Å². The Kier molecular flexibility index (Phi) is 4.27. The minimum absolute atomic E-state index is 0.0222. The molecule has 0 saturated carbocycles. The molecule has 1 heterocycles. The molecule has 2 rings (SSSR count). The number of benzene rings is 1. The summed E-state index contributed by atoms with van der Waals surface area (Å²) in [7, 11) is 1.73. The second-order valence-corrected chi connectivity index (χ2v) is 6.73. The van der Waals surface area contributed by atoms with E-state index in [9.17, 15) is 9.90 Å². The summed E-state index contributed by atoms with van der Waals surface area (Å²) in [5.41, 5.74) is 2.37. The predicted molar refractivity (Wildman–Crippen MR) is 80.7 cm³/mol. The zero-order valence-electron chi connectivity index (χ0n) is 10.7. The summed E-state index contributed by atoms with van der Waals surface area (Å²) < 4.78 is 1.04. The summed E-state index contributed by atoms with van der Waals surface area (Å²) in [6.07, 6.45) is 0. The van der Waals surface area contributed by atoms with Gasteiger partial charge >= 0.3 is 0 Å². The van der Waals surface area contributed by atoms with Gasteiger partial charge in [0.2, 0.25) is 0 Å². The fraction of sp³-hybridized carbons (Fsp3) is 0.214. The zero-order chi connectivity index (χ0) is 14.0. The highest BCUT2D eigenvalue weighted by Crippen LogP contribution is 2.23. The normalized spacial score (nSPS) is 10.5. The Labute approximate surface area is 124 Å². The van der Waals surface area contributed by atoms with Crippen molar-refractivity contribution in [3.05, 3.63) is 50.1 Å². The summed E-state index contributed by atoms with van der Waals surface area (Å²) in [5.74, 6) is -0.155. The molecule has 1 aromatic heterocycles. The second-order valence-electron chi connectivity index (χ2n) is 4.44. The summed E-state index contributed by atoms with van der Waals surface area (Å²) in [6.45, 7) is 2.42. The maximum absolute atomic E-state index is 12.3. The van der Waals surface area contributed by atoms with Gasteiger partial charge in [0.1, 0.15) is 5.75 Å². The lowest BCUT2D eigenvalue weighted by Gasteiger charge is -2.17. The van der Waals surface area contributed by atoms with Crippen molar-refractivity contribution in [2.75, 3.05) is 7.05 Å². The van der Waals surface area contributed by atoms with Crippen LogP contribution < -0.4 is 0 Å². The van der Waals surface area contributed by atoms with Crippen LogP contribution in [0.25, 0.3) is 0 Å². The lowest BCUT2D eigenvalue weighted by Crippen LogP contribution is -2.26. The molecule has 1 N–H and O–H groups in total. The number of carbonyl (C=O) groups excluding carboxylic acids is 1. The van der Waals surface area contributed by atoms with Gasteiger partial charge in [-0.1, -0.05) is 11.6 Å². The van der Waals surface area contributed by atoms with Crippen LogP contribution in [0.15, 0.2) is 33.4 Å². The van der Waals surface area contributed by atoms with E-state index >= 15 is 0 Å². The molecule has 100 valence electrons. The van der Waals surface area contributed by atoms with Crippen molar-refractivity contribution in [2.24, 2.45) is 0 Å². The van der Waals surface area contributed by atoms with Gasteiger partial charge in [0, 0.05) is 13.6 Å². The third-order valence-electron chi connectivity index (χ3n) is 2.77. The number of rotatable bonds is 3. The molecular weight excluding hydrogens is 326 g/mol. The van der Waals surface area contributed by atoms with Gasteiger partial charge < -0.3 is 10.0 Å². The highest BCUT2D eigenvalue weighted by atomic mass is 79.9. The quantitative estimate of drug-likeness (QED) is 0.923. The SMILES string of the molecule is Cc1ccc(O)c(C(=O)N(C)Cc2csc(Br)c2)c1. The molecule has 1 amide bonds. The van der Waals surface area contributed by atoms with Crippen LogP contribution in [0, 0.1) is 6.92 Å². The van der Waals surface area contributed by atoms with E-state index in [0.29, 0.717) is 12.1 Å². The number of aromatic hydroxyl groups is 1. The Balaban J connectivity index is 2.16. The number of halogens is 1. The average Bonchev–Trinajstić information content (AvgIpc) is 2.77. The number of carbonyl (C=O) groups is 1. The van der Waals surface area contributed by atoms with Gasteiger partial charge in [-0.3, -0.25) is 4.79 Å². The Hall–Kier alpha value is -1.33. The number of hydrogen-bond acceptors (Lipinski definition) is 3. The summed E-state index contributed by atoms with van der Waals surface area (Å²) in [6, 6.07) is 7.03. The fourth-order valence-corrected chi connectivity index (χ4v) is 3.00. The van der Waals surface area contributed by atoms with E-state index in [1.54, 1.807) is 41.5 Å². The van der Waals surface area contributed by atoms with Gasteiger partial charge in [0.25, 0.3) is 5.91 Å². The molecule has 0 aliphatic carbocycles. The van der Waals surface area contributed by atoms with Crippen LogP contribution in [-0.4, -0.2) is 23.0 Å². The molecule has 1 aromatic carbocycles. The van der Waals surface area contributed by atoms with E-state index in [4.69, 9.17) is 0 Å². The molecule has 0 radical (unpaired) electrons. The number of amides is 1. The van der Waals surface area contributed by atoms with Gasteiger partial charge in [0.15, 0.2) is 0 Å². The van der Waals surface area contributed by atoms with E-state index in [-0.39, 0.29) is 11.7 Å². The minimum Gasteiger partial charge on any atom is -0.507 e. The molecule has 2 aromatic rings. The van der Waals surface area contributed by atoms with Crippen LogP contribution in [0.1, 0.15) is 21.5 Å². The van der Waals surface area contributed by atoms with Crippen molar-refractivity contribution in [1.29, 1.82) is 0 Å². The molecule has 0 fully saturated rings. The number of phenolic OH excluding ortho intramolecular Hbond substituents is 1. The van der Waals surface area contributed by atoms with Crippen LogP contribution in [0.3, 0.4) is 0 Å². The van der Waals surface area contributed by atoms with E-state index in [2.05, 4.69) is 15.9 Å². The molecule has 0 unspecified atom stereocenters. The van der Waals surface area contributed by atoms with E-state index < -0.39 is 0 Å². The fourth-order valence-electron chi connectivity index (χ4n) is 1.80. The first-order valence-corrected chi connectivity index (χ1v) is 7.42. The van der Waals surface area contributed by atoms with Gasteiger partial charge in [-0.25, -0.2) is 0 Å². The number of hydrogen-bond donors (Lipinski definition) is 1. The summed E-state index contributed by atoms with van der Waals surface area (Å²) in [4.78, 5) is 13.9. The smallest absolute Gasteiger partial charge is 0.257 e. The standard InChI is InChI=1S/C14H14BrNO2S/c1-9-3-4-12(17)11(5-9)14(18)16(2)7-10-6-13(15)19-8-10/h3-6,8,17H,7H2,1-2H3. The van der Waals surface area contributed by atoms with Crippen molar-refractivity contribution < 1.29 is 9.90 Å². The lowest BCUT2D eigenvalue weighted by molar-refractivity contribution is 0.0782. The topological polar surface area (TPSA) is 40.5 Å². The molecule has 0 atom stereocenters. The van der Waals surface area contributed by atoms with E-state index in [1.807, 2.05) is 18.4 Å². The Morgan fingerprint density at radius 2 is 2.16 bits per heavy atom. The third kappa shape index (κ3) is 3.36. The molecule has 0 bridgehead atoms. The Bertz CT molecular complexity index is 609. The number of thiophene rings is 1. The lowest BCUT2D eigenvalue weighted by atomic mass is 10.1. The van der Waals surface area contributed by atoms with Crippen molar-refractivity contribution in [1.82, 2.24) is 4.90 Å². The molecule has 19 heavy (non-hydrogen) atoms. The molecule has 0 saturated heterocycles. The maximum atomic E-state index is 12.3. The summed E-state index contributed by atoms with van der Waals surface area (Å²) >= 11 is 4.99. The van der Waals surface area contributed by atoms with Gasteiger partial charge in [0.05, 0.1) is 9.35 Å². The van der Waals surface area contributed by atoms with Crippen LogP contribution in [0.5, 0.6) is 5.75 Å². The van der Waals surface area contributed by atoms with Gasteiger partial charge in [-0.2, -0.15) is 0 Å². The first-order chi connectivity index (χ1) is 8.97. The zero-order valence-corrected chi connectivity index (χ0v) is 13.1. The van der Waals surface area contributed by atoms with E-state index in [0.717, 1.165) is 14.9 Å². The first kappa shape index (κ1) is 14.1. The number of phenols is 1. The van der Waals surface area contributed by atoms with Crippen LogP contribution in [-0.2, 0) is 6.54 Å². The molecular formula is C14H14BrNO2S. The minimum atomic E-state index is -0.177. The molecule has 5 heteroatoms. The highest BCUT2D eigenvalue weighted by molar-refractivity contribution is 9.11. The largest absolute Gasteiger partial charge is 0.507 e. The molecule has 0 aliphatic heterocycles. The Morgan fingerprint density at radius 3 is 2.79 bits per heavy atom. The van der Waals surface area contributed by atoms with Crippen molar-refractivity contribution >= 4 is 33.2 Å². The molecule has 0 aliphatic rings. The highest BCUT2D eigenvalue weighted by Gasteiger charge is 2.16. The van der Waals surface area contributed by atoms with Gasteiger partial charge in [-0.05, 0) is 52.0 Å². The summed E-state index contributed by atoms with van der Waals surface area (Å²) in [5, 5.41) is 11.8. The van der Waals surface area contributed by atoms with Crippen LogP contribution in [0.2, 0.25) is 0 Å². The first-order valence-electron chi connectivity index (χ1n) is 5.75. The van der Waals surface area contributed by atoms with Crippen LogP contribution >= 0.6 is 27.3 Å². The molecule has 0 spiro atoms. The predicted octanol–water partition coefficient (Wildman–Crippen LogP) is 3.80. The van der Waals surface area contributed by atoms with Crippen molar-refractivity contribution in [3.8, 4) is 5.75 Å².